The van der Waals surface area contributed by atoms with Crippen molar-refractivity contribution in [1.29, 1.82) is 5.41 Å². The first-order chi connectivity index (χ1) is 14.1. The Labute approximate surface area is 172 Å². The second-order valence-electron chi connectivity index (χ2n) is 6.71. The van der Waals surface area contributed by atoms with Crippen LogP contribution in [0.4, 0.5) is 5.69 Å². The summed E-state index contributed by atoms with van der Waals surface area (Å²) in [5.41, 5.74) is 10.00. The van der Waals surface area contributed by atoms with Crippen molar-refractivity contribution in [3.63, 3.8) is 0 Å². The Hall–Kier alpha value is -3.51. The SMILES string of the molecule is N=Cc1cc(CC(=O)NCc2ccccn2)cc(-c2cc3ccccc3s2)c1N. The van der Waals surface area contributed by atoms with Crippen LogP contribution < -0.4 is 11.1 Å². The van der Waals surface area contributed by atoms with E-state index in [2.05, 4.69) is 28.5 Å². The van der Waals surface area contributed by atoms with Crippen molar-refractivity contribution in [2.24, 2.45) is 0 Å². The summed E-state index contributed by atoms with van der Waals surface area (Å²) in [6.45, 7) is 0.384. The lowest BCUT2D eigenvalue weighted by atomic mass is 9.99. The van der Waals surface area contributed by atoms with E-state index in [1.54, 1.807) is 23.6 Å². The highest BCUT2D eigenvalue weighted by Crippen LogP contribution is 2.38. The molecule has 0 bridgehead atoms. The van der Waals surface area contributed by atoms with Crippen LogP contribution in [-0.2, 0) is 17.8 Å². The number of nitrogens with two attached hydrogens (primary N) is 1. The van der Waals surface area contributed by atoms with Crippen molar-refractivity contribution in [3.05, 3.63) is 83.7 Å². The average Bonchev–Trinajstić information content (AvgIpc) is 3.18. The summed E-state index contributed by atoms with van der Waals surface area (Å²) in [5, 5.41) is 11.8. The number of pyridine rings is 1. The van der Waals surface area contributed by atoms with Gasteiger partial charge in [-0.3, -0.25) is 9.78 Å². The van der Waals surface area contributed by atoms with Gasteiger partial charge in [0.1, 0.15) is 0 Å². The zero-order valence-corrected chi connectivity index (χ0v) is 16.5. The van der Waals surface area contributed by atoms with Crippen LogP contribution in [-0.4, -0.2) is 17.1 Å². The smallest absolute Gasteiger partial charge is 0.224 e. The van der Waals surface area contributed by atoms with Crippen LogP contribution >= 0.6 is 11.3 Å². The highest BCUT2D eigenvalue weighted by molar-refractivity contribution is 7.22. The third-order valence-electron chi connectivity index (χ3n) is 4.68. The first kappa shape index (κ1) is 18.8. The van der Waals surface area contributed by atoms with Crippen LogP contribution in [0.5, 0.6) is 0 Å². The number of fused-ring (bicyclic) bond motifs is 1. The Balaban J connectivity index is 1.59. The van der Waals surface area contributed by atoms with Crippen molar-refractivity contribution < 1.29 is 4.79 Å². The monoisotopic (exact) mass is 400 g/mol. The number of thiophene rings is 1. The van der Waals surface area contributed by atoms with E-state index >= 15 is 0 Å². The molecule has 4 aromatic rings. The van der Waals surface area contributed by atoms with Gasteiger partial charge in [0.15, 0.2) is 0 Å². The molecule has 0 atom stereocenters. The number of benzene rings is 2. The van der Waals surface area contributed by atoms with Gasteiger partial charge in [0.2, 0.25) is 5.91 Å². The van der Waals surface area contributed by atoms with Crippen LogP contribution in [0.25, 0.3) is 20.5 Å². The molecule has 0 saturated carbocycles. The Morgan fingerprint density at radius 2 is 1.97 bits per heavy atom. The molecule has 0 spiro atoms. The van der Waals surface area contributed by atoms with Crippen LogP contribution in [0.1, 0.15) is 16.8 Å². The molecule has 144 valence electrons. The van der Waals surface area contributed by atoms with Gasteiger partial charge in [-0.1, -0.05) is 24.3 Å². The lowest BCUT2D eigenvalue weighted by Crippen LogP contribution is -2.25. The van der Waals surface area contributed by atoms with Crippen LogP contribution in [0.15, 0.2) is 66.9 Å². The van der Waals surface area contributed by atoms with E-state index in [1.807, 2.05) is 36.4 Å². The zero-order chi connectivity index (χ0) is 20.2. The summed E-state index contributed by atoms with van der Waals surface area (Å²) in [7, 11) is 0. The average molecular weight is 401 g/mol. The number of nitrogens with one attached hydrogen (secondary N) is 2. The number of hydrogen-bond donors (Lipinski definition) is 3. The van der Waals surface area contributed by atoms with E-state index in [0.29, 0.717) is 17.8 Å². The maximum Gasteiger partial charge on any atom is 0.224 e. The van der Waals surface area contributed by atoms with Gasteiger partial charge < -0.3 is 16.5 Å². The standard InChI is InChI=1S/C23H20N4OS/c24-13-17-9-15(11-22(28)27-14-18-6-3-4-8-26-18)10-19(23(17)25)21-12-16-5-1-2-7-20(16)29-21/h1-10,12-13,24H,11,14,25H2,(H,27,28). The van der Waals surface area contributed by atoms with Crippen molar-refractivity contribution in [3.8, 4) is 10.4 Å². The Morgan fingerprint density at radius 1 is 1.14 bits per heavy atom. The Kier molecular flexibility index (Phi) is 5.35. The third kappa shape index (κ3) is 4.17. The molecule has 0 fully saturated rings. The molecule has 5 nitrogen and oxygen atoms in total. The number of hydrogen-bond acceptors (Lipinski definition) is 5. The molecule has 0 aliphatic carbocycles. The second kappa shape index (κ2) is 8.24. The molecule has 4 N–H and O–H groups in total. The minimum absolute atomic E-state index is 0.0985. The minimum Gasteiger partial charge on any atom is -0.398 e. The quantitative estimate of drug-likeness (QED) is 0.331. The molecule has 0 saturated heterocycles. The highest BCUT2D eigenvalue weighted by Gasteiger charge is 2.14. The molecule has 29 heavy (non-hydrogen) atoms. The lowest BCUT2D eigenvalue weighted by molar-refractivity contribution is -0.120. The number of nitrogen functional groups attached to an aromatic ring is 1. The number of aromatic nitrogens is 1. The summed E-state index contributed by atoms with van der Waals surface area (Å²) < 4.78 is 1.18. The zero-order valence-electron chi connectivity index (χ0n) is 15.7. The van der Waals surface area contributed by atoms with Crippen LogP contribution in [0.2, 0.25) is 0 Å². The molecule has 4 rings (SSSR count). The van der Waals surface area contributed by atoms with Gasteiger partial charge >= 0.3 is 0 Å². The van der Waals surface area contributed by atoms with Crippen molar-refractivity contribution in [1.82, 2.24) is 10.3 Å². The summed E-state index contributed by atoms with van der Waals surface area (Å²) in [5.74, 6) is -0.0985. The van der Waals surface area contributed by atoms with Gasteiger partial charge in [-0.05, 0) is 47.3 Å². The summed E-state index contributed by atoms with van der Waals surface area (Å²) >= 11 is 1.65. The van der Waals surface area contributed by atoms with E-state index in [1.165, 1.54) is 10.9 Å². The van der Waals surface area contributed by atoms with Crippen LogP contribution in [0.3, 0.4) is 0 Å². The number of nitrogens with zero attached hydrogens (tertiary/aromatic N) is 1. The molecule has 0 aliphatic heterocycles. The number of anilines is 1. The number of rotatable bonds is 6. The molecule has 2 aromatic carbocycles. The van der Waals surface area contributed by atoms with E-state index in [0.717, 1.165) is 27.1 Å². The number of amides is 1. The maximum absolute atomic E-state index is 12.4. The Morgan fingerprint density at radius 3 is 2.72 bits per heavy atom. The summed E-state index contributed by atoms with van der Waals surface area (Å²) in [6, 6.07) is 19.6. The fraction of sp³-hybridized carbons (Fsp3) is 0.0870. The Bertz CT molecular complexity index is 1150. The molecule has 0 aliphatic rings. The first-order valence-corrected chi connectivity index (χ1v) is 10.0. The second-order valence-corrected chi connectivity index (χ2v) is 7.80. The molecule has 1 amide bonds. The number of carbonyl (C=O) groups excluding carboxylic acids is 1. The van der Waals surface area contributed by atoms with E-state index < -0.39 is 0 Å². The first-order valence-electron chi connectivity index (χ1n) is 9.22. The van der Waals surface area contributed by atoms with Gasteiger partial charge in [-0.25, -0.2) is 0 Å². The van der Waals surface area contributed by atoms with Gasteiger partial charge in [0.25, 0.3) is 0 Å². The molecule has 6 heteroatoms. The fourth-order valence-electron chi connectivity index (χ4n) is 3.22. The van der Waals surface area contributed by atoms with Crippen molar-refractivity contribution >= 4 is 39.2 Å². The largest absolute Gasteiger partial charge is 0.398 e. The van der Waals surface area contributed by atoms with E-state index in [9.17, 15) is 4.79 Å². The van der Waals surface area contributed by atoms with E-state index in [4.69, 9.17) is 11.1 Å². The molecule has 0 radical (unpaired) electrons. The van der Waals surface area contributed by atoms with Crippen molar-refractivity contribution in [2.75, 3.05) is 5.73 Å². The van der Waals surface area contributed by atoms with Crippen molar-refractivity contribution in [2.45, 2.75) is 13.0 Å². The van der Waals surface area contributed by atoms with Gasteiger partial charge in [0, 0.05) is 38.8 Å². The molecular weight excluding hydrogens is 380 g/mol. The van der Waals surface area contributed by atoms with Gasteiger partial charge in [0.05, 0.1) is 18.7 Å². The molecular formula is C23H20N4OS. The van der Waals surface area contributed by atoms with E-state index in [-0.39, 0.29) is 12.3 Å². The van der Waals surface area contributed by atoms with Gasteiger partial charge in [-0.2, -0.15) is 0 Å². The summed E-state index contributed by atoms with van der Waals surface area (Å²) in [4.78, 5) is 17.7. The predicted octanol–water partition coefficient (Wildman–Crippen LogP) is 4.40. The molecule has 0 unspecified atom stereocenters. The fourth-order valence-corrected chi connectivity index (χ4v) is 4.31. The highest BCUT2D eigenvalue weighted by atomic mass is 32.1. The normalized spacial score (nSPS) is 10.8. The number of carbonyl (C=O) groups is 1. The molecule has 2 aromatic heterocycles. The predicted molar refractivity (Wildman–Crippen MR) is 119 cm³/mol. The lowest BCUT2D eigenvalue weighted by Gasteiger charge is -2.11. The maximum atomic E-state index is 12.4. The minimum atomic E-state index is -0.0985. The topological polar surface area (TPSA) is 91.9 Å². The van der Waals surface area contributed by atoms with Crippen LogP contribution in [0, 0.1) is 5.41 Å². The summed E-state index contributed by atoms with van der Waals surface area (Å²) in [6.07, 6.45) is 3.16. The van der Waals surface area contributed by atoms with Gasteiger partial charge in [-0.15, -0.1) is 11.3 Å². The molecule has 2 heterocycles. The third-order valence-corrected chi connectivity index (χ3v) is 5.83.